The van der Waals surface area contributed by atoms with E-state index < -0.39 is 17.6 Å². The number of hydrogen-bond acceptors (Lipinski definition) is 5. The molecule has 4 aromatic rings. The number of anilines is 1. The lowest BCUT2D eigenvalue weighted by Crippen LogP contribution is -2.42. The van der Waals surface area contributed by atoms with Crippen molar-refractivity contribution < 1.29 is 32.2 Å². The number of halogens is 3. The van der Waals surface area contributed by atoms with Crippen LogP contribution < -0.4 is 10.1 Å². The number of benzene rings is 3. The molecule has 1 aliphatic heterocycles. The van der Waals surface area contributed by atoms with Gasteiger partial charge in [-0.25, -0.2) is 4.98 Å². The molecule has 1 aromatic heterocycles. The molecule has 5 rings (SSSR count). The molecule has 1 fully saturated rings. The molecule has 3 aromatic carbocycles. The summed E-state index contributed by atoms with van der Waals surface area (Å²) in [6.07, 6.45) is -1.42. The van der Waals surface area contributed by atoms with E-state index in [0.29, 0.717) is 29.3 Å². The summed E-state index contributed by atoms with van der Waals surface area (Å²) >= 11 is 0. The minimum Gasteiger partial charge on any atom is -0.497 e. The molecule has 1 saturated heterocycles. The van der Waals surface area contributed by atoms with Gasteiger partial charge in [-0.15, -0.1) is 0 Å². The molecule has 11 heteroatoms. The van der Waals surface area contributed by atoms with E-state index in [-0.39, 0.29) is 31.0 Å². The van der Waals surface area contributed by atoms with Crippen molar-refractivity contribution in [2.24, 2.45) is 0 Å². The highest BCUT2D eigenvalue weighted by molar-refractivity contribution is 5.99. The number of hydrogen-bond donors (Lipinski definition) is 1. The number of alkyl halides is 3. The molecule has 1 unspecified atom stereocenters. The van der Waals surface area contributed by atoms with Gasteiger partial charge in [0.25, 0.3) is 5.91 Å². The second kappa shape index (κ2) is 12.5. The molecule has 0 bridgehead atoms. The standard InChI is InChI=1S/C31H29F3N4O4/c1-41-25-10-5-9-22(17-25)29(40)37(18-26-11-6-16-42-26)20-28(39)36-30-35-27(21-7-3-2-4-8-21)19-38(30)24-14-12-23(13-15-24)31(32,33)34/h2-5,7-10,12-15,17,19,26H,6,11,16,18,20H2,1H3,(H,35,36,39). The lowest BCUT2D eigenvalue weighted by atomic mass is 10.1. The molecule has 1 N–H and O–H groups in total. The summed E-state index contributed by atoms with van der Waals surface area (Å²) in [6.45, 7) is 0.507. The first-order chi connectivity index (χ1) is 20.2. The quantitative estimate of drug-likeness (QED) is 0.270. The van der Waals surface area contributed by atoms with Crippen LogP contribution in [0.3, 0.4) is 0 Å². The second-order valence-electron chi connectivity index (χ2n) is 9.83. The number of aromatic nitrogens is 2. The first-order valence-corrected chi connectivity index (χ1v) is 13.4. The Morgan fingerprint density at radius 3 is 2.50 bits per heavy atom. The fourth-order valence-electron chi connectivity index (χ4n) is 4.75. The van der Waals surface area contributed by atoms with E-state index in [9.17, 15) is 22.8 Å². The highest BCUT2D eigenvalue weighted by Gasteiger charge is 2.30. The van der Waals surface area contributed by atoms with Crippen LogP contribution in [0.4, 0.5) is 19.1 Å². The summed E-state index contributed by atoms with van der Waals surface area (Å²) in [5, 5.41) is 2.76. The zero-order chi connectivity index (χ0) is 29.7. The van der Waals surface area contributed by atoms with E-state index in [2.05, 4.69) is 10.3 Å². The van der Waals surface area contributed by atoms with E-state index in [1.165, 1.54) is 28.7 Å². The van der Waals surface area contributed by atoms with Gasteiger partial charge >= 0.3 is 6.18 Å². The molecule has 1 aliphatic rings. The van der Waals surface area contributed by atoms with Crippen LogP contribution in [0.1, 0.15) is 28.8 Å². The Morgan fingerprint density at radius 1 is 1.07 bits per heavy atom. The molecule has 0 spiro atoms. The van der Waals surface area contributed by atoms with Gasteiger partial charge in [0, 0.05) is 36.2 Å². The molecule has 1 atom stereocenters. The maximum atomic E-state index is 13.5. The van der Waals surface area contributed by atoms with Gasteiger partial charge in [-0.3, -0.25) is 19.5 Å². The van der Waals surface area contributed by atoms with Gasteiger partial charge in [0.2, 0.25) is 11.9 Å². The topological polar surface area (TPSA) is 85.7 Å². The van der Waals surface area contributed by atoms with Gasteiger partial charge < -0.3 is 14.4 Å². The molecule has 8 nitrogen and oxygen atoms in total. The Hall–Kier alpha value is -4.64. The summed E-state index contributed by atoms with van der Waals surface area (Å²) in [4.78, 5) is 32.9. The van der Waals surface area contributed by atoms with Crippen LogP contribution >= 0.6 is 0 Å². The molecular formula is C31H29F3N4O4. The van der Waals surface area contributed by atoms with Crippen molar-refractivity contribution in [3.8, 4) is 22.7 Å². The summed E-state index contributed by atoms with van der Waals surface area (Å²) in [5.41, 5.74) is 1.21. The number of nitrogens with one attached hydrogen (secondary N) is 1. The number of amides is 2. The van der Waals surface area contributed by atoms with Gasteiger partial charge in [-0.2, -0.15) is 13.2 Å². The molecular weight excluding hydrogens is 549 g/mol. The minimum atomic E-state index is -4.48. The average molecular weight is 579 g/mol. The van der Waals surface area contributed by atoms with E-state index in [1.54, 1.807) is 30.5 Å². The second-order valence-corrected chi connectivity index (χ2v) is 9.83. The van der Waals surface area contributed by atoms with Crippen molar-refractivity contribution in [1.82, 2.24) is 14.5 Å². The zero-order valence-corrected chi connectivity index (χ0v) is 22.8. The van der Waals surface area contributed by atoms with Gasteiger partial charge in [-0.05, 0) is 55.3 Å². The highest BCUT2D eigenvalue weighted by Crippen LogP contribution is 2.31. The summed E-state index contributed by atoms with van der Waals surface area (Å²) < 4.78 is 52.0. The maximum Gasteiger partial charge on any atom is 0.416 e. The molecule has 42 heavy (non-hydrogen) atoms. The monoisotopic (exact) mass is 578 g/mol. The van der Waals surface area contributed by atoms with Gasteiger partial charge in [-0.1, -0.05) is 36.4 Å². The van der Waals surface area contributed by atoms with Crippen LogP contribution in [0.5, 0.6) is 5.75 Å². The minimum absolute atomic E-state index is 0.101. The lowest BCUT2D eigenvalue weighted by Gasteiger charge is -2.25. The fraction of sp³-hybridized carbons (Fsp3) is 0.258. The number of imidazole rings is 1. The van der Waals surface area contributed by atoms with Crippen LogP contribution in [-0.4, -0.2) is 59.2 Å². The Morgan fingerprint density at radius 2 is 1.83 bits per heavy atom. The third-order valence-corrected chi connectivity index (χ3v) is 6.89. The lowest BCUT2D eigenvalue weighted by molar-refractivity contribution is -0.137. The van der Waals surface area contributed by atoms with Crippen molar-refractivity contribution in [1.29, 1.82) is 0 Å². The number of ether oxygens (including phenoxy) is 2. The number of methoxy groups -OCH3 is 1. The van der Waals surface area contributed by atoms with Crippen LogP contribution in [0.15, 0.2) is 85.1 Å². The molecule has 218 valence electrons. The van der Waals surface area contributed by atoms with E-state index >= 15 is 0 Å². The van der Waals surface area contributed by atoms with Crippen molar-refractivity contribution in [3.05, 3.63) is 96.2 Å². The Kier molecular flexibility index (Phi) is 8.58. The molecule has 2 amide bonds. The molecule has 0 radical (unpaired) electrons. The van der Waals surface area contributed by atoms with Gasteiger partial charge in [0.1, 0.15) is 12.3 Å². The van der Waals surface area contributed by atoms with Crippen LogP contribution in [0.2, 0.25) is 0 Å². The SMILES string of the molecule is COc1cccc(C(=O)N(CC(=O)Nc2nc(-c3ccccc3)cn2-c2ccc(C(F)(F)F)cc2)CC2CCCO2)c1. The number of rotatable bonds is 9. The first-order valence-electron chi connectivity index (χ1n) is 13.4. The first kappa shape index (κ1) is 28.9. The predicted octanol–water partition coefficient (Wildman–Crippen LogP) is 5.83. The van der Waals surface area contributed by atoms with E-state index in [1.807, 2.05) is 30.3 Å². The summed E-state index contributed by atoms with van der Waals surface area (Å²) in [7, 11) is 1.50. The third kappa shape index (κ3) is 6.80. The highest BCUT2D eigenvalue weighted by atomic mass is 19.4. The van der Waals surface area contributed by atoms with Gasteiger partial charge in [0.05, 0.1) is 24.5 Å². The number of carbonyl (C=O) groups is 2. The van der Waals surface area contributed by atoms with Crippen molar-refractivity contribution >= 4 is 17.8 Å². The largest absolute Gasteiger partial charge is 0.497 e. The maximum absolute atomic E-state index is 13.5. The normalized spacial score (nSPS) is 14.9. The van der Waals surface area contributed by atoms with E-state index in [0.717, 1.165) is 30.5 Å². The Balaban J connectivity index is 1.42. The van der Waals surface area contributed by atoms with Gasteiger partial charge in [0.15, 0.2) is 0 Å². The predicted molar refractivity (Wildman–Crippen MR) is 151 cm³/mol. The summed E-state index contributed by atoms with van der Waals surface area (Å²) in [6, 6.07) is 20.4. The van der Waals surface area contributed by atoms with Crippen molar-refractivity contribution in [2.75, 3.05) is 32.1 Å². The smallest absolute Gasteiger partial charge is 0.416 e. The fourth-order valence-corrected chi connectivity index (χ4v) is 4.75. The van der Waals surface area contributed by atoms with E-state index in [4.69, 9.17) is 9.47 Å². The van der Waals surface area contributed by atoms with Crippen LogP contribution in [-0.2, 0) is 15.7 Å². The van der Waals surface area contributed by atoms with Crippen LogP contribution in [0.25, 0.3) is 16.9 Å². The molecule has 0 saturated carbocycles. The number of carbonyl (C=O) groups excluding carboxylic acids is 2. The molecule has 2 heterocycles. The van der Waals surface area contributed by atoms with Crippen LogP contribution in [0, 0.1) is 0 Å². The van der Waals surface area contributed by atoms with Crippen molar-refractivity contribution in [2.45, 2.75) is 25.1 Å². The Labute approximate surface area is 240 Å². The average Bonchev–Trinajstić information content (AvgIpc) is 3.67. The van der Waals surface area contributed by atoms with Crippen molar-refractivity contribution in [3.63, 3.8) is 0 Å². The Bertz CT molecular complexity index is 1530. The number of nitrogens with zero attached hydrogens (tertiary/aromatic N) is 3. The zero-order valence-electron chi connectivity index (χ0n) is 22.8. The molecule has 0 aliphatic carbocycles. The third-order valence-electron chi connectivity index (χ3n) is 6.89. The summed E-state index contributed by atoms with van der Waals surface area (Å²) in [5.74, 6) is -0.280.